The largest absolute Gasteiger partial charge is 0.392 e. The lowest BCUT2D eigenvalue weighted by Crippen LogP contribution is -2.00. The molecule has 1 N–H and O–H groups in total. The fourth-order valence-electron chi connectivity index (χ4n) is 2.63. The Balaban J connectivity index is 2.18. The van der Waals surface area contributed by atoms with Gasteiger partial charge in [0.2, 0.25) is 0 Å². The first-order chi connectivity index (χ1) is 8.40. The molecule has 1 heterocycles. The number of aryl methyl sites for hydroxylation is 1. The molecule has 2 nitrogen and oxygen atoms in total. The molecule has 0 spiro atoms. The number of nitrogens with zero attached hydrogens (tertiary/aromatic N) is 1. The van der Waals surface area contributed by atoms with Crippen LogP contribution >= 0.6 is 0 Å². The predicted molar refractivity (Wildman–Crippen MR) is 67.6 cm³/mol. The summed E-state index contributed by atoms with van der Waals surface area (Å²) in [6.07, 6.45) is 5.34. The van der Waals surface area contributed by atoms with E-state index in [4.69, 9.17) is 0 Å². The highest BCUT2D eigenvalue weighted by molar-refractivity contribution is 5.65. The van der Waals surface area contributed by atoms with Crippen LogP contribution in [0.25, 0.3) is 11.3 Å². The summed E-state index contributed by atoms with van der Waals surface area (Å²) in [6.45, 7) is 0.0837. The number of rotatable bonds is 2. The summed E-state index contributed by atoms with van der Waals surface area (Å²) >= 11 is 0. The molecule has 0 saturated heterocycles. The molecule has 1 aliphatic rings. The highest BCUT2D eigenvalue weighted by atomic mass is 16.3. The third-order valence-corrected chi connectivity index (χ3v) is 3.47. The first-order valence-electron chi connectivity index (χ1n) is 6.06. The van der Waals surface area contributed by atoms with Gasteiger partial charge in [0.05, 0.1) is 12.3 Å². The molecule has 1 aromatic carbocycles. The zero-order chi connectivity index (χ0) is 11.7. The van der Waals surface area contributed by atoms with Crippen LogP contribution in [0.15, 0.2) is 36.5 Å². The van der Waals surface area contributed by atoms with E-state index >= 15 is 0 Å². The Hall–Kier alpha value is -1.67. The van der Waals surface area contributed by atoms with Crippen LogP contribution in [0.4, 0.5) is 0 Å². The Morgan fingerprint density at radius 1 is 1.12 bits per heavy atom. The number of aromatic nitrogens is 1. The molecule has 0 saturated carbocycles. The first-order valence-corrected chi connectivity index (χ1v) is 6.06. The van der Waals surface area contributed by atoms with E-state index in [1.165, 1.54) is 17.5 Å². The van der Waals surface area contributed by atoms with Crippen molar-refractivity contribution in [1.29, 1.82) is 0 Å². The Kier molecular flexibility index (Phi) is 2.65. The average molecular weight is 225 g/mol. The quantitative estimate of drug-likeness (QED) is 0.852. The minimum Gasteiger partial charge on any atom is -0.392 e. The van der Waals surface area contributed by atoms with Crippen LogP contribution in [-0.2, 0) is 19.4 Å². The second-order valence-electron chi connectivity index (χ2n) is 4.47. The van der Waals surface area contributed by atoms with E-state index in [0.29, 0.717) is 0 Å². The van der Waals surface area contributed by atoms with Gasteiger partial charge in [0.1, 0.15) is 0 Å². The summed E-state index contributed by atoms with van der Waals surface area (Å²) in [5.74, 6) is 0. The number of pyridine rings is 1. The highest BCUT2D eigenvalue weighted by Crippen LogP contribution is 2.31. The fraction of sp³-hybridized carbons (Fsp3) is 0.267. The van der Waals surface area contributed by atoms with Crippen LogP contribution in [0.3, 0.4) is 0 Å². The topological polar surface area (TPSA) is 33.1 Å². The molecule has 0 radical (unpaired) electrons. The van der Waals surface area contributed by atoms with Gasteiger partial charge in [-0.1, -0.05) is 30.3 Å². The van der Waals surface area contributed by atoms with Crippen LogP contribution in [0.2, 0.25) is 0 Å². The van der Waals surface area contributed by atoms with E-state index in [0.717, 1.165) is 29.7 Å². The Morgan fingerprint density at radius 2 is 1.94 bits per heavy atom. The summed E-state index contributed by atoms with van der Waals surface area (Å²) in [5, 5.41) is 9.60. The second kappa shape index (κ2) is 4.30. The number of hydrogen-bond donors (Lipinski definition) is 1. The van der Waals surface area contributed by atoms with Crippen molar-refractivity contribution in [2.24, 2.45) is 0 Å². The maximum absolute atomic E-state index is 9.60. The maximum atomic E-state index is 9.60. The van der Waals surface area contributed by atoms with Gasteiger partial charge >= 0.3 is 0 Å². The SMILES string of the molecule is OCc1c(-c2ccccc2)ncc2c1CCC2. The van der Waals surface area contributed by atoms with Gasteiger partial charge in [0.25, 0.3) is 0 Å². The average Bonchev–Trinajstić information content (AvgIpc) is 2.86. The number of hydrogen-bond acceptors (Lipinski definition) is 2. The molecule has 0 bridgehead atoms. The lowest BCUT2D eigenvalue weighted by atomic mass is 9.99. The molecule has 17 heavy (non-hydrogen) atoms. The van der Waals surface area contributed by atoms with Crippen LogP contribution in [0, 0.1) is 0 Å². The van der Waals surface area contributed by atoms with Crippen molar-refractivity contribution in [3.63, 3.8) is 0 Å². The maximum Gasteiger partial charge on any atom is 0.0760 e. The van der Waals surface area contributed by atoms with E-state index in [-0.39, 0.29) is 6.61 Å². The minimum atomic E-state index is 0.0837. The molecule has 0 aliphatic heterocycles. The smallest absolute Gasteiger partial charge is 0.0760 e. The lowest BCUT2D eigenvalue weighted by Gasteiger charge is -2.11. The molecule has 1 aliphatic carbocycles. The molecule has 86 valence electrons. The van der Waals surface area contributed by atoms with E-state index in [1.807, 2.05) is 36.5 Å². The molecule has 2 heteroatoms. The standard InChI is InChI=1S/C15H15NO/c17-10-14-13-8-4-7-12(13)9-16-15(14)11-5-2-1-3-6-11/h1-3,5-6,9,17H,4,7-8,10H2. The van der Waals surface area contributed by atoms with Gasteiger partial charge in [-0.25, -0.2) is 0 Å². The normalized spacial score (nSPS) is 13.7. The molecule has 1 aromatic heterocycles. The van der Waals surface area contributed by atoms with Crippen molar-refractivity contribution in [3.05, 3.63) is 53.2 Å². The van der Waals surface area contributed by atoms with Crippen molar-refractivity contribution >= 4 is 0 Å². The van der Waals surface area contributed by atoms with Crippen molar-refractivity contribution in [1.82, 2.24) is 4.98 Å². The second-order valence-corrected chi connectivity index (χ2v) is 4.47. The van der Waals surface area contributed by atoms with Gasteiger partial charge in [-0.15, -0.1) is 0 Å². The summed E-state index contributed by atoms with van der Waals surface area (Å²) in [6, 6.07) is 10.1. The number of aliphatic hydroxyl groups excluding tert-OH is 1. The molecule has 0 fully saturated rings. The van der Waals surface area contributed by atoms with Gasteiger partial charge in [-0.2, -0.15) is 0 Å². The van der Waals surface area contributed by atoms with Gasteiger partial charge in [-0.3, -0.25) is 4.98 Å². The Bertz CT molecular complexity index is 534. The third kappa shape index (κ3) is 1.75. The lowest BCUT2D eigenvalue weighted by molar-refractivity contribution is 0.281. The molecule has 0 atom stereocenters. The summed E-state index contributed by atoms with van der Waals surface area (Å²) < 4.78 is 0. The Morgan fingerprint density at radius 3 is 2.71 bits per heavy atom. The van der Waals surface area contributed by atoms with Crippen molar-refractivity contribution in [2.75, 3.05) is 0 Å². The van der Waals surface area contributed by atoms with E-state index in [1.54, 1.807) is 0 Å². The monoisotopic (exact) mass is 225 g/mol. The highest BCUT2D eigenvalue weighted by Gasteiger charge is 2.18. The van der Waals surface area contributed by atoms with Crippen LogP contribution in [0.5, 0.6) is 0 Å². The van der Waals surface area contributed by atoms with Crippen LogP contribution in [0.1, 0.15) is 23.1 Å². The van der Waals surface area contributed by atoms with E-state index in [9.17, 15) is 5.11 Å². The minimum absolute atomic E-state index is 0.0837. The zero-order valence-corrected chi connectivity index (χ0v) is 9.69. The van der Waals surface area contributed by atoms with Crippen LogP contribution < -0.4 is 0 Å². The summed E-state index contributed by atoms with van der Waals surface area (Å²) in [4.78, 5) is 4.53. The Labute approximate surface area is 101 Å². The van der Waals surface area contributed by atoms with E-state index < -0.39 is 0 Å². The molecular weight excluding hydrogens is 210 g/mol. The molecule has 2 aromatic rings. The number of benzene rings is 1. The molecule has 0 amide bonds. The first kappa shape index (κ1) is 10.5. The number of fused-ring (bicyclic) bond motifs is 1. The van der Waals surface area contributed by atoms with Crippen molar-refractivity contribution in [3.8, 4) is 11.3 Å². The molecular formula is C15H15NO. The van der Waals surface area contributed by atoms with Gasteiger partial charge in [0, 0.05) is 17.3 Å². The van der Waals surface area contributed by atoms with E-state index in [2.05, 4.69) is 4.98 Å². The van der Waals surface area contributed by atoms with Crippen LogP contribution in [-0.4, -0.2) is 10.1 Å². The zero-order valence-electron chi connectivity index (χ0n) is 9.69. The number of aliphatic hydroxyl groups is 1. The van der Waals surface area contributed by atoms with Gasteiger partial charge in [0.15, 0.2) is 0 Å². The third-order valence-electron chi connectivity index (χ3n) is 3.47. The van der Waals surface area contributed by atoms with Gasteiger partial charge in [-0.05, 0) is 30.4 Å². The molecule has 0 unspecified atom stereocenters. The predicted octanol–water partition coefficient (Wildman–Crippen LogP) is 2.73. The summed E-state index contributed by atoms with van der Waals surface area (Å²) in [7, 11) is 0. The molecule has 3 rings (SSSR count). The summed E-state index contributed by atoms with van der Waals surface area (Å²) in [5.41, 5.74) is 5.68. The van der Waals surface area contributed by atoms with Crippen molar-refractivity contribution in [2.45, 2.75) is 25.9 Å². The van der Waals surface area contributed by atoms with Crippen molar-refractivity contribution < 1.29 is 5.11 Å². The fourth-order valence-corrected chi connectivity index (χ4v) is 2.63. The van der Waals surface area contributed by atoms with Gasteiger partial charge < -0.3 is 5.11 Å².